The summed E-state index contributed by atoms with van der Waals surface area (Å²) in [4.78, 5) is 0. The lowest BCUT2D eigenvalue weighted by Crippen LogP contribution is -2.32. The van der Waals surface area contributed by atoms with E-state index in [1.807, 2.05) is 13.0 Å². The van der Waals surface area contributed by atoms with Crippen LogP contribution in [-0.2, 0) is 0 Å². The summed E-state index contributed by atoms with van der Waals surface area (Å²) in [5.41, 5.74) is -0.292. The summed E-state index contributed by atoms with van der Waals surface area (Å²) in [5, 5.41) is 9.62. The molecule has 1 atom stereocenters. The zero-order chi connectivity index (χ0) is 7.83. The average molecular weight is 140 g/mol. The standard InChI is InChI=1S/C9H16O/c1-8(2)5-4-6-9(3,10)7-8/h4,6,10H,5,7H2,1-3H3/t9-/m0/s1. The van der Waals surface area contributed by atoms with E-state index < -0.39 is 5.60 Å². The van der Waals surface area contributed by atoms with Gasteiger partial charge in [0.05, 0.1) is 5.60 Å². The molecule has 0 aromatic heterocycles. The van der Waals surface area contributed by atoms with Gasteiger partial charge in [-0.1, -0.05) is 26.0 Å². The highest BCUT2D eigenvalue weighted by Gasteiger charge is 2.30. The fourth-order valence-corrected chi connectivity index (χ4v) is 1.73. The van der Waals surface area contributed by atoms with Gasteiger partial charge in [-0.25, -0.2) is 0 Å². The maximum atomic E-state index is 9.62. The van der Waals surface area contributed by atoms with Crippen LogP contribution >= 0.6 is 0 Å². The van der Waals surface area contributed by atoms with Gasteiger partial charge < -0.3 is 5.11 Å². The van der Waals surface area contributed by atoms with Gasteiger partial charge in [0.15, 0.2) is 0 Å². The summed E-state index contributed by atoms with van der Waals surface area (Å²) >= 11 is 0. The Morgan fingerprint density at radius 1 is 1.30 bits per heavy atom. The smallest absolute Gasteiger partial charge is 0.0804 e. The van der Waals surface area contributed by atoms with Crippen molar-refractivity contribution < 1.29 is 5.11 Å². The Morgan fingerprint density at radius 2 is 1.90 bits per heavy atom. The van der Waals surface area contributed by atoms with Crippen molar-refractivity contribution in [3.63, 3.8) is 0 Å². The molecule has 0 heterocycles. The monoisotopic (exact) mass is 140 g/mol. The number of aliphatic hydroxyl groups is 1. The molecule has 1 heteroatoms. The third kappa shape index (κ3) is 1.84. The Hall–Kier alpha value is -0.300. The molecule has 1 N–H and O–H groups in total. The summed E-state index contributed by atoms with van der Waals surface area (Å²) < 4.78 is 0. The molecule has 0 saturated heterocycles. The van der Waals surface area contributed by atoms with Crippen LogP contribution in [0.3, 0.4) is 0 Å². The summed E-state index contributed by atoms with van der Waals surface area (Å²) in [6.07, 6.45) is 5.93. The fraction of sp³-hybridized carbons (Fsp3) is 0.778. The first-order valence-corrected chi connectivity index (χ1v) is 3.81. The second-order valence-electron chi connectivity index (χ2n) is 4.30. The number of hydrogen-bond acceptors (Lipinski definition) is 1. The zero-order valence-corrected chi connectivity index (χ0v) is 7.02. The molecule has 0 aromatic carbocycles. The van der Waals surface area contributed by atoms with Crippen LogP contribution in [0, 0.1) is 5.41 Å². The van der Waals surface area contributed by atoms with Gasteiger partial charge in [-0.05, 0) is 25.2 Å². The number of hydrogen-bond donors (Lipinski definition) is 1. The van der Waals surface area contributed by atoms with Crippen LogP contribution in [0.25, 0.3) is 0 Å². The maximum absolute atomic E-state index is 9.62. The Balaban J connectivity index is 2.73. The van der Waals surface area contributed by atoms with Gasteiger partial charge in [0.25, 0.3) is 0 Å². The molecule has 10 heavy (non-hydrogen) atoms. The molecule has 0 spiro atoms. The van der Waals surface area contributed by atoms with Gasteiger partial charge in [0.2, 0.25) is 0 Å². The molecule has 0 bridgehead atoms. The second kappa shape index (κ2) is 2.09. The van der Waals surface area contributed by atoms with E-state index in [9.17, 15) is 5.11 Å². The number of rotatable bonds is 0. The highest BCUT2D eigenvalue weighted by atomic mass is 16.3. The van der Waals surface area contributed by atoms with E-state index >= 15 is 0 Å². The van der Waals surface area contributed by atoms with Crippen LogP contribution in [0.2, 0.25) is 0 Å². The molecule has 0 fully saturated rings. The van der Waals surface area contributed by atoms with E-state index in [0.717, 1.165) is 12.8 Å². The molecule has 58 valence electrons. The quantitative estimate of drug-likeness (QED) is 0.511. The first-order chi connectivity index (χ1) is 4.41. The third-order valence-corrected chi connectivity index (χ3v) is 1.98. The van der Waals surface area contributed by atoms with E-state index in [-0.39, 0.29) is 5.41 Å². The first-order valence-electron chi connectivity index (χ1n) is 3.81. The van der Waals surface area contributed by atoms with Crippen LogP contribution in [0.1, 0.15) is 33.6 Å². The molecule has 1 aliphatic rings. The minimum atomic E-state index is -0.568. The van der Waals surface area contributed by atoms with Gasteiger partial charge >= 0.3 is 0 Å². The van der Waals surface area contributed by atoms with E-state index in [2.05, 4.69) is 19.9 Å². The molecule has 1 aliphatic carbocycles. The van der Waals surface area contributed by atoms with E-state index in [4.69, 9.17) is 0 Å². The van der Waals surface area contributed by atoms with Gasteiger partial charge in [-0.15, -0.1) is 0 Å². The molecule has 0 radical (unpaired) electrons. The molecule has 0 amide bonds. The predicted molar refractivity (Wildman–Crippen MR) is 42.8 cm³/mol. The summed E-state index contributed by atoms with van der Waals surface area (Å²) in [6.45, 7) is 6.24. The largest absolute Gasteiger partial charge is 0.386 e. The van der Waals surface area contributed by atoms with Crippen molar-refractivity contribution >= 4 is 0 Å². The predicted octanol–water partition coefficient (Wildman–Crippen LogP) is 2.11. The lowest BCUT2D eigenvalue weighted by atomic mass is 9.74. The minimum absolute atomic E-state index is 0.276. The van der Waals surface area contributed by atoms with Crippen molar-refractivity contribution in [2.45, 2.75) is 39.2 Å². The Morgan fingerprint density at radius 3 is 2.20 bits per heavy atom. The van der Waals surface area contributed by atoms with Crippen LogP contribution in [0.4, 0.5) is 0 Å². The van der Waals surface area contributed by atoms with Crippen LogP contribution in [0.5, 0.6) is 0 Å². The summed E-state index contributed by atoms with van der Waals surface area (Å²) in [6, 6.07) is 0. The van der Waals surface area contributed by atoms with Crippen LogP contribution in [-0.4, -0.2) is 10.7 Å². The van der Waals surface area contributed by atoms with Crippen molar-refractivity contribution in [2.75, 3.05) is 0 Å². The van der Waals surface area contributed by atoms with Crippen LogP contribution in [0.15, 0.2) is 12.2 Å². The topological polar surface area (TPSA) is 20.2 Å². The minimum Gasteiger partial charge on any atom is -0.386 e. The Kier molecular flexibility index (Phi) is 1.63. The van der Waals surface area contributed by atoms with Gasteiger partial charge in [0, 0.05) is 0 Å². The lowest BCUT2D eigenvalue weighted by Gasteiger charge is -2.34. The average Bonchev–Trinajstić information content (AvgIpc) is 1.56. The molecular formula is C9H16O. The molecule has 1 nitrogen and oxygen atoms in total. The molecule has 0 aromatic rings. The van der Waals surface area contributed by atoms with Gasteiger partial charge in [-0.3, -0.25) is 0 Å². The third-order valence-electron chi connectivity index (χ3n) is 1.98. The van der Waals surface area contributed by atoms with Crippen molar-refractivity contribution in [1.82, 2.24) is 0 Å². The zero-order valence-electron chi connectivity index (χ0n) is 7.02. The molecular weight excluding hydrogens is 124 g/mol. The fourth-order valence-electron chi connectivity index (χ4n) is 1.73. The Bertz CT molecular complexity index is 154. The normalized spacial score (nSPS) is 38.0. The lowest BCUT2D eigenvalue weighted by molar-refractivity contribution is 0.0507. The van der Waals surface area contributed by atoms with Gasteiger partial charge in [-0.2, -0.15) is 0 Å². The van der Waals surface area contributed by atoms with Crippen molar-refractivity contribution in [3.05, 3.63) is 12.2 Å². The van der Waals surface area contributed by atoms with Crippen molar-refractivity contribution in [2.24, 2.45) is 5.41 Å². The Labute approximate surface area is 62.8 Å². The molecule has 0 unspecified atom stereocenters. The number of allylic oxidation sites excluding steroid dienone is 1. The van der Waals surface area contributed by atoms with Crippen molar-refractivity contribution in [1.29, 1.82) is 0 Å². The highest BCUT2D eigenvalue weighted by Crippen LogP contribution is 2.36. The maximum Gasteiger partial charge on any atom is 0.0804 e. The highest BCUT2D eigenvalue weighted by molar-refractivity contribution is 5.07. The molecule has 0 aliphatic heterocycles. The molecule has 1 rings (SSSR count). The van der Waals surface area contributed by atoms with Gasteiger partial charge in [0.1, 0.15) is 0 Å². The van der Waals surface area contributed by atoms with E-state index in [1.54, 1.807) is 0 Å². The second-order valence-corrected chi connectivity index (χ2v) is 4.30. The van der Waals surface area contributed by atoms with E-state index in [0.29, 0.717) is 0 Å². The first kappa shape index (κ1) is 7.80. The summed E-state index contributed by atoms with van der Waals surface area (Å²) in [7, 11) is 0. The summed E-state index contributed by atoms with van der Waals surface area (Å²) in [5.74, 6) is 0. The SMILES string of the molecule is CC1(C)CC=C[C@](C)(O)C1. The van der Waals surface area contributed by atoms with Crippen LogP contribution < -0.4 is 0 Å². The van der Waals surface area contributed by atoms with Crippen molar-refractivity contribution in [3.8, 4) is 0 Å². The molecule has 0 saturated carbocycles. The van der Waals surface area contributed by atoms with E-state index in [1.165, 1.54) is 0 Å².